The number of hydrogen-bond acceptors (Lipinski definition) is 7. The Balaban J connectivity index is 2.03. The maximum atomic E-state index is 4.71. The summed E-state index contributed by atoms with van der Waals surface area (Å²) in [6.07, 6.45) is 5.60. The van der Waals surface area contributed by atoms with Crippen LogP contribution in [0.5, 0.6) is 0 Å². The molecule has 2 heterocycles. The van der Waals surface area contributed by atoms with Crippen LogP contribution in [0.4, 0.5) is 11.6 Å². The average molecular weight is 276 g/mol. The molecule has 20 heavy (non-hydrogen) atoms. The number of hydrogen-bond donors (Lipinski definition) is 2. The summed E-state index contributed by atoms with van der Waals surface area (Å²) >= 11 is 0. The normalized spacial score (nSPS) is 10.5. The van der Waals surface area contributed by atoms with Crippen LogP contribution in [0.2, 0.25) is 0 Å². The van der Waals surface area contributed by atoms with E-state index in [1.54, 1.807) is 6.33 Å². The minimum atomic E-state index is 0.690. The first kappa shape index (κ1) is 14.2. The summed E-state index contributed by atoms with van der Waals surface area (Å²) in [6.45, 7) is 5.75. The van der Waals surface area contributed by atoms with Crippen LogP contribution < -0.4 is 10.6 Å². The van der Waals surface area contributed by atoms with Gasteiger partial charge in [-0.2, -0.15) is 4.98 Å². The molecule has 0 aromatic carbocycles. The highest BCUT2D eigenvalue weighted by Crippen LogP contribution is 2.21. The van der Waals surface area contributed by atoms with E-state index in [9.17, 15) is 0 Å². The Morgan fingerprint density at radius 1 is 1.05 bits per heavy atom. The Morgan fingerprint density at radius 2 is 1.85 bits per heavy atom. The van der Waals surface area contributed by atoms with Crippen LogP contribution in [0.1, 0.15) is 31.7 Å². The molecule has 0 saturated heterocycles. The molecule has 7 nitrogen and oxygen atoms in total. The van der Waals surface area contributed by atoms with Gasteiger partial charge in [-0.15, -0.1) is 0 Å². The van der Waals surface area contributed by atoms with Crippen molar-refractivity contribution >= 4 is 11.6 Å². The molecule has 0 fully saturated rings. The van der Waals surface area contributed by atoms with Gasteiger partial charge in [0.1, 0.15) is 18.0 Å². The number of rotatable bonds is 8. The maximum Gasteiger partial charge on any atom is 0.213 e. The number of nitrogens with one attached hydrogen (secondary N) is 2. The molecule has 2 N–H and O–H groups in total. The van der Waals surface area contributed by atoms with Crippen molar-refractivity contribution in [2.45, 2.75) is 33.1 Å². The maximum absolute atomic E-state index is 4.71. The molecule has 0 amide bonds. The minimum absolute atomic E-state index is 0.690. The first-order valence-electron chi connectivity index (χ1n) is 6.92. The van der Waals surface area contributed by atoms with Crippen LogP contribution in [-0.4, -0.2) is 33.2 Å². The Bertz CT molecular complexity index is 514. The highest BCUT2D eigenvalue weighted by Gasteiger charge is 2.10. The van der Waals surface area contributed by atoms with E-state index in [0.29, 0.717) is 18.8 Å². The Hall–Kier alpha value is -2.18. The first-order valence-corrected chi connectivity index (χ1v) is 6.92. The van der Waals surface area contributed by atoms with Gasteiger partial charge in [0.2, 0.25) is 6.39 Å². The van der Waals surface area contributed by atoms with Crippen molar-refractivity contribution in [1.29, 1.82) is 0 Å². The molecule has 0 saturated carbocycles. The second-order valence-electron chi connectivity index (χ2n) is 4.35. The molecule has 0 atom stereocenters. The molecular weight excluding hydrogens is 256 g/mol. The van der Waals surface area contributed by atoms with Crippen molar-refractivity contribution in [2.75, 3.05) is 23.7 Å². The standard InChI is InChI=1S/C13H20N6O/c1-3-5-10-12(14-4-2)16-8-17-13(10)15-7-6-11-18-9-20-19-11/h8-9H,3-7H2,1-2H3,(H2,14,15,16,17). The molecule has 108 valence electrons. The highest BCUT2D eigenvalue weighted by atomic mass is 16.5. The van der Waals surface area contributed by atoms with Crippen molar-refractivity contribution < 1.29 is 4.52 Å². The van der Waals surface area contributed by atoms with E-state index < -0.39 is 0 Å². The van der Waals surface area contributed by atoms with Gasteiger partial charge >= 0.3 is 0 Å². The third kappa shape index (κ3) is 3.66. The summed E-state index contributed by atoms with van der Waals surface area (Å²) in [7, 11) is 0. The van der Waals surface area contributed by atoms with Gasteiger partial charge in [-0.05, 0) is 13.3 Å². The van der Waals surface area contributed by atoms with Crippen molar-refractivity contribution in [3.63, 3.8) is 0 Å². The van der Waals surface area contributed by atoms with E-state index in [2.05, 4.69) is 44.6 Å². The van der Waals surface area contributed by atoms with Crippen LogP contribution in [0.3, 0.4) is 0 Å². The minimum Gasteiger partial charge on any atom is -0.370 e. The van der Waals surface area contributed by atoms with Gasteiger partial charge in [0.05, 0.1) is 0 Å². The van der Waals surface area contributed by atoms with Crippen LogP contribution in [0.15, 0.2) is 17.2 Å². The van der Waals surface area contributed by atoms with E-state index in [4.69, 9.17) is 4.52 Å². The monoisotopic (exact) mass is 276 g/mol. The van der Waals surface area contributed by atoms with E-state index in [0.717, 1.165) is 36.6 Å². The Labute approximate surface area is 118 Å². The molecule has 0 unspecified atom stereocenters. The zero-order valence-electron chi connectivity index (χ0n) is 11.9. The smallest absolute Gasteiger partial charge is 0.213 e. The predicted molar refractivity (Wildman–Crippen MR) is 76.7 cm³/mol. The van der Waals surface area contributed by atoms with E-state index in [1.165, 1.54) is 6.39 Å². The second-order valence-corrected chi connectivity index (χ2v) is 4.35. The highest BCUT2D eigenvalue weighted by molar-refractivity contribution is 5.57. The van der Waals surface area contributed by atoms with Gasteiger partial charge in [-0.1, -0.05) is 18.5 Å². The van der Waals surface area contributed by atoms with Crippen molar-refractivity contribution in [3.05, 3.63) is 24.1 Å². The molecule has 0 spiro atoms. The summed E-state index contributed by atoms with van der Waals surface area (Å²) in [5.41, 5.74) is 1.13. The van der Waals surface area contributed by atoms with E-state index >= 15 is 0 Å². The van der Waals surface area contributed by atoms with Crippen LogP contribution >= 0.6 is 0 Å². The lowest BCUT2D eigenvalue weighted by Gasteiger charge is -2.14. The topological polar surface area (TPSA) is 88.8 Å². The second kappa shape index (κ2) is 7.42. The molecule has 0 aliphatic carbocycles. The van der Waals surface area contributed by atoms with Gasteiger partial charge in [0.15, 0.2) is 5.82 Å². The number of anilines is 2. The molecule has 0 aliphatic heterocycles. The lowest BCUT2D eigenvalue weighted by atomic mass is 10.1. The summed E-state index contributed by atoms with van der Waals surface area (Å²) in [5, 5.41) is 10.4. The molecule has 0 bridgehead atoms. The fourth-order valence-corrected chi connectivity index (χ4v) is 1.97. The molecule has 0 radical (unpaired) electrons. The molecule has 0 aliphatic rings. The van der Waals surface area contributed by atoms with Crippen LogP contribution in [0.25, 0.3) is 0 Å². The first-order chi connectivity index (χ1) is 9.85. The average Bonchev–Trinajstić information content (AvgIpc) is 2.96. The van der Waals surface area contributed by atoms with Gasteiger partial charge in [-0.3, -0.25) is 0 Å². The summed E-state index contributed by atoms with van der Waals surface area (Å²) < 4.78 is 4.71. The molecule has 2 aromatic rings. The lowest BCUT2D eigenvalue weighted by molar-refractivity contribution is 0.410. The zero-order chi connectivity index (χ0) is 14.2. The lowest BCUT2D eigenvalue weighted by Crippen LogP contribution is -2.12. The fourth-order valence-electron chi connectivity index (χ4n) is 1.97. The van der Waals surface area contributed by atoms with Crippen LogP contribution in [0, 0.1) is 0 Å². The van der Waals surface area contributed by atoms with E-state index in [-0.39, 0.29) is 0 Å². The molecule has 7 heteroatoms. The zero-order valence-corrected chi connectivity index (χ0v) is 11.9. The van der Waals surface area contributed by atoms with Crippen molar-refractivity contribution in [3.8, 4) is 0 Å². The van der Waals surface area contributed by atoms with Gasteiger partial charge < -0.3 is 15.2 Å². The SMILES string of the molecule is CCCc1c(NCC)ncnc1NCCc1ncon1. The van der Waals surface area contributed by atoms with Crippen LogP contribution in [-0.2, 0) is 12.8 Å². The Morgan fingerprint density at radius 3 is 2.50 bits per heavy atom. The third-order valence-corrected chi connectivity index (χ3v) is 2.84. The number of nitrogens with zero attached hydrogens (tertiary/aromatic N) is 4. The Kier molecular flexibility index (Phi) is 5.28. The van der Waals surface area contributed by atoms with Gasteiger partial charge in [0, 0.05) is 25.1 Å². The number of aromatic nitrogens is 4. The van der Waals surface area contributed by atoms with Crippen molar-refractivity contribution in [1.82, 2.24) is 20.1 Å². The molecular formula is C13H20N6O. The fraction of sp³-hybridized carbons (Fsp3) is 0.538. The predicted octanol–water partition coefficient (Wildman–Crippen LogP) is 1.90. The third-order valence-electron chi connectivity index (χ3n) is 2.84. The van der Waals surface area contributed by atoms with Crippen molar-refractivity contribution in [2.24, 2.45) is 0 Å². The molecule has 2 aromatic heterocycles. The van der Waals surface area contributed by atoms with Gasteiger partial charge in [0.25, 0.3) is 0 Å². The molecule has 2 rings (SSSR count). The summed E-state index contributed by atoms with van der Waals surface area (Å²) in [5.74, 6) is 2.48. The van der Waals surface area contributed by atoms with Gasteiger partial charge in [-0.25, -0.2) is 9.97 Å². The van der Waals surface area contributed by atoms with E-state index in [1.807, 2.05) is 0 Å². The quantitative estimate of drug-likeness (QED) is 0.761. The summed E-state index contributed by atoms with van der Waals surface area (Å²) in [4.78, 5) is 12.6. The summed E-state index contributed by atoms with van der Waals surface area (Å²) in [6, 6.07) is 0. The largest absolute Gasteiger partial charge is 0.370 e.